The molecule has 78 valence electrons. The van der Waals surface area contributed by atoms with Crippen molar-refractivity contribution in [3.05, 3.63) is 0 Å². The third-order valence-corrected chi connectivity index (χ3v) is 2.26. The minimum Gasteiger partial charge on any atom is -0.284 e. The lowest BCUT2D eigenvalue weighted by atomic mass is 9.93. The molecule has 0 aromatic heterocycles. The van der Waals surface area contributed by atoms with E-state index < -0.39 is 48.8 Å². The van der Waals surface area contributed by atoms with Gasteiger partial charge in [0, 0.05) is 12.8 Å². The van der Waals surface area contributed by atoms with Crippen molar-refractivity contribution in [3.8, 4) is 0 Å². The Morgan fingerprint density at radius 3 is 2.08 bits per heavy atom. The first-order valence-electron chi connectivity index (χ1n) is 3.71. The third kappa shape index (κ3) is 2.92. The fraction of sp³-hybridized carbons (Fsp3) is 1.00. The smallest absolute Gasteiger partial charge is 0.284 e. The monoisotopic (exact) mass is 218 g/mol. The Morgan fingerprint density at radius 2 is 1.69 bits per heavy atom. The Kier molecular flexibility index (Phi) is 3.69. The van der Waals surface area contributed by atoms with Crippen molar-refractivity contribution in [2.24, 2.45) is 0 Å². The summed E-state index contributed by atoms with van der Waals surface area (Å²) in [6, 6.07) is 0. The van der Waals surface area contributed by atoms with Gasteiger partial charge >= 0.3 is 11.4 Å². The predicted octanol–water partition coefficient (Wildman–Crippen LogP) is 1.32. The van der Waals surface area contributed by atoms with Gasteiger partial charge in [0.25, 0.3) is 0 Å². The van der Waals surface area contributed by atoms with Gasteiger partial charge in [0.2, 0.25) is 0 Å². The second-order valence-electron chi connectivity index (χ2n) is 2.88. The van der Waals surface area contributed by atoms with E-state index in [1.807, 2.05) is 0 Å². The molecule has 1 fully saturated rings. The molecule has 1 saturated carbocycles. The summed E-state index contributed by atoms with van der Waals surface area (Å²) in [5.74, 6) is 0. The van der Waals surface area contributed by atoms with E-state index in [1.54, 1.807) is 0 Å². The molecule has 1 aliphatic rings. The van der Waals surface area contributed by atoms with Crippen LogP contribution in [0.5, 0.6) is 0 Å². The number of rotatable bonds is 2. The lowest BCUT2D eigenvalue weighted by molar-refractivity contribution is -0.0240. The zero-order valence-electron chi connectivity index (χ0n) is 6.53. The van der Waals surface area contributed by atoms with Crippen LogP contribution in [0.25, 0.3) is 0 Å². The van der Waals surface area contributed by atoms with Gasteiger partial charge in [-0.05, 0) is 0 Å². The quantitative estimate of drug-likeness (QED) is 0.711. The van der Waals surface area contributed by atoms with E-state index in [0.29, 0.717) is 0 Å². The van der Waals surface area contributed by atoms with Crippen LogP contribution in [0, 0.1) is 0 Å². The first kappa shape index (κ1) is 10.9. The molecule has 0 saturated heterocycles. The van der Waals surface area contributed by atoms with Crippen molar-refractivity contribution < 1.29 is 26.1 Å². The summed E-state index contributed by atoms with van der Waals surface area (Å²) in [7, 11) is 0. The summed E-state index contributed by atoms with van der Waals surface area (Å²) < 4.78 is 60.6. The standard InChI is InChI=1S/C6H9F3O3S/c7-3-1-4(8)6(5(9)2-3)12-13(10)11/h3-6H,1-2H2,(H,10,11). The molecule has 0 spiro atoms. The van der Waals surface area contributed by atoms with Crippen LogP contribution < -0.4 is 0 Å². The Hall–Kier alpha value is -0.140. The van der Waals surface area contributed by atoms with Crippen molar-refractivity contribution in [1.82, 2.24) is 0 Å². The Balaban J connectivity index is 2.56. The summed E-state index contributed by atoms with van der Waals surface area (Å²) in [6.07, 6.45) is -7.87. The van der Waals surface area contributed by atoms with Crippen LogP contribution in [0.4, 0.5) is 13.2 Å². The van der Waals surface area contributed by atoms with E-state index in [1.165, 1.54) is 0 Å². The van der Waals surface area contributed by atoms with Crippen LogP contribution in [-0.4, -0.2) is 33.4 Å². The van der Waals surface area contributed by atoms with Crippen LogP contribution in [0.3, 0.4) is 0 Å². The Bertz CT molecular complexity index is 192. The highest BCUT2D eigenvalue weighted by molar-refractivity contribution is 7.74. The molecule has 0 radical (unpaired) electrons. The molecule has 0 aromatic carbocycles. The van der Waals surface area contributed by atoms with Crippen LogP contribution in [0.1, 0.15) is 12.8 Å². The molecule has 3 atom stereocenters. The molecule has 0 bridgehead atoms. The first-order chi connectivity index (χ1) is 6.00. The normalized spacial score (nSPS) is 43.1. The maximum Gasteiger partial charge on any atom is 0.302 e. The highest BCUT2D eigenvalue weighted by Crippen LogP contribution is 2.29. The van der Waals surface area contributed by atoms with E-state index in [-0.39, 0.29) is 0 Å². The molecule has 3 nitrogen and oxygen atoms in total. The van der Waals surface area contributed by atoms with Crippen molar-refractivity contribution in [2.45, 2.75) is 37.5 Å². The van der Waals surface area contributed by atoms with Gasteiger partial charge < -0.3 is 0 Å². The fourth-order valence-electron chi connectivity index (χ4n) is 1.30. The highest BCUT2D eigenvalue weighted by atomic mass is 32.2. The first-order valence-corrected chi connectivity index (χ1v) is 4.74. The van der Waals surface area contributed by atoms with Gasteiger partial charge in [-0.1, -0.05) is 0 Å². The molecule has 1 rings (SSSR count). The van der Waals surface area contributed by atoms with E-state index in [4.69, 9.17) is 4.55 Å². The number of halogens is 3. The molecule has 13 heavy (non-hydrogen) atoms. The molecule has 0 heterocycles. The van der Waals surface area contributed by atoms with E-state index in [0.717, 1.165) is 0 Å². The molecule has 0 amide bonds. The lowest BCUT2D eigenvalue weighted by Crippen LogP contribution is -2.43. The fourth-order valence-corrected chi connectivity index (χ4v) is 1.73. The predicted molar refractivity (Wildman–Crippen MR) is 39.6 cm³/mol. The van der Waals surface area contributed by atoms with Crippen LogP contribution in [0.2, 0.25) is 0 Å². The lowest BCUT2D eigenvalue weighted by Gasteiger charge is -2.29. The van der Waals surface area contributed by atoms with Crippen LogP contribution >= 0.6 is 0 Å². The van der Waals surface area contributed by atoms with Crippen molar-refractivity contribution >= 4 is 11.4 Å². The van der Waals surface area contributed by atoms with E-state index in [2.05, 4.69) is 4.18 Å². The van der Waals surface area contributed by atoms with Gasteiger partial charge in [0.1, 0.15) is 24.6 Å². The van der Waals surface area contributed by atoms with Gasteiger partial charge in [-0.3, -0.25) is 8.74 Å². The second-order valence-corrected chi connectivity index (χ2v) is 3.51. The summed E-state index contributed by atoms with van der Waals surface area (Å²) in [4.78, 5) is 0. The Labute approximate surface area is 75.8 Å². The SMILES string of the molecule is O=S(O)OC1C(F)CC(F)CC1F. The van der Waals surface area contributed by atoms with E-state index in [9.17, 15) is 17.4 Å². The van der Waals surface area contributed by atoms with Crippen molar-refractivity contribution in [3.63, 3.8) is 0 Å². The summed E-state index contributed by atoms with van der Waals surface area (Å²) in [6.45, 7) is 0. The Morgan fingerprint density at radius 1 is 1.23 bits per heavy atom. The average Bonchev–Trinajstić information content (AvgIpc) is 1.96. The topological polar surface area (TPSA) is 46.5 Å². The molecular weight excluding hydrogens is 209 g/mol. The maximum atomic E-state index is 12.9. The summed E-state index contributed by atoms with van der Waals surface area (Å²) in [5.41, 5.74) is 0. The number of alkyl halides is 3. The summed E-state index contributed by atoms with van der Waals surface area (Å²) in [5, 5.41) is 0. The molecule has 1 N–H and O–H groups in total. The van der Waals surface area contributed by atoms with Crippen molar-refractivity contribution in [1.29, 1.82) is 0 Å². The minimum absolute atomic E-state index is 0.484. The molecule has 3 unspecified atom stereocenters. The number of hydrogen-bond donors (Lipinski definition) is 1. The second kappa shape index (κ2) is 4.39. The molecule has 0 aliphatic heterocycles. The van der Waals surface area contributed by atoms with Crippen LogP contribution in [-0.2, 0) is 15.5 Å². The van der Waals surface area contributed by atoms with Crippen LogP contribution in [0.15, 0.2) is 0 Å². The van der Waals surface area contributed by atoms with Crippen molar-refractivity contribution in [2.75, 3.05) is 0 Å². The zero-order chi connectivity index (χ0) is 10.0. The van der Waals surface area contributed by atoms with Gasteiger partial charge in [0.05, 0.1) is 0 Å². The highest BCUT2D eigenvalue weighted by Gasteiger charge is 2.40. The van der Waals surface area contributed by atoms with Gasteiger partial charge in [-0.25, -0.2) is 13.2 Å². The minimum atomic E-state index is -2.72. The zero-order valence-corrected chi connectivity index (χ0v) is 7.35. The van der Waals surface area contributed by atoms with Gasteiger partial charge in [-0.15, -0.1) is 0 Å². The largest absolute Gasteiger partial charge is 0.302 e. The third-order valence-electron chi connectivity index (χ3n) is 1.87. The van der Waals surface area contributed by atoms with Gasteiger partial charge in [0.15, 0.2) is 0 Å². The summed E-state index contributed by atoms with van der Waals surface area (Å²) >= 11 is -2.72. The molecular formula is C6H9F3O3S. The number of hydrogen-bond acceptors (Lipinski definition) is 2. The van der Waals surface area contributed by atoms with E-state index >= 15 is 0 Å². The maximum absolute atomic E-state index is 12.9. The molecule has 7 heteroatoms. The van der Waals surface area contributed by atoms with Gasteiger partial charge in [-0.2, -0.15) is 4.21 Å². The average molecular weight is 218 g/mol. The molecule has 0 aromatic rings. The molecule has 1 aliphatic carbocycles.